The molecule has 2 N–H and O–H groups in total. The largest absolute Gasteiger partial charge is 0.541 e. The SMILES string of the molecule is CC(C)[N+](O)(C(=O)[C@H]1CC[C@H]2[C@@H]3CCC4CC([P+](=O)O)=CC[C@]4(C)[C@H]3CC[C@]12C)C(C)C. The van der Waals surface area contributed by atoms with Gasteiger partial charge in [0.05, 0.1) is 5.92 Å². The lowest BCUT2D eigenvalue weighted by atomic mass is 9.45. The number of amides is 1. The van der Waals surface area contributed by atoms with Crippen molar-refractivity contribution < 1.29 is 24.1 Å². The molecule has 0 radical (unpaired) electrons. The molecule has 0 aromatic heterocycles. The highest BCUT2D eigenvalue weighted by Crippen LogP contribution is 2.68. The van der Waals surface area contributed by atoms with E-state index in [1.165, 1.54) is 6.42 Å². The van der Waals surface area contributed by atoms with Crippen LogP contribution in [0.1, 0.15) is 92.9 Å². The van der Waals surface area contributed by atoms with Crippen molar-refractivity contribution in [3.8, 4) is 0 Å². The summed E-state index contributed by atoms with van der Waals surface area (Å²) >= 11 is 0. The molecule has 4 aliphatic rings. The molecule has 0 spiro atoms. The predicted octanol–water partition coefficient (Wildman–Crippen LogP) is 6.42. The zero-order valence-corrected chi connectivity index (χ0v) is 21.8. The minimum Gasteiger partial charge on any atom is -0.227 e. The van der Waals surface area contributed by atoms with Crippen LogP contribution in [0.15, 0.2) is 11.4 Å². The standard InChI is InChI=1S/C26H43NO4P/c1-16(2)27(29,17(3)4)24(28)23-10-9-21-20-8-7-18-15-19(32(30)31)11-13-25(18,5)22(20)12-14-26(21,23)6/h11,16-18,20-23,29H,7-10,12-15H2,1-6H3/q+1/p+1/t18?,20-,21-,22-,23+,25-,26-/m0/s1. The summed E-state index contributed by atoms with van der Waals surface area (Å²) in [6.45, 7) is 12.6. The van der Waals surface area contributed by atoms with Crippen LogP contribution in [0.4, 0.5) is 0 Å². The van der Waals surface area contributed by atoms with Crippen LogP contribution in [-0.2, 0) is 9.36 Å². The molecule has 3 saturated carbocycles. The molecule has 0 aliphatic heterocycles. The molecule has 0 saturated heterocycles. The number of hydrogen-bond donors (Lipinski definition) is 2. The summed E-state index contributed by atoms with van der Waals surface area (Å²) in [4.78, 5) is 23.5. The Kier molecular flexibility index (Phi) is 6.32. The van der Waals surface area contributed by atoms with E-state index in [0.717, 1.165) is 50.3 Å². The molecule has 0 aromatic rings. The lowest BCUT2D eigenvalue weighted by Gasteiger charge is -2.59. The molecule has 6 heteroatoms. The van der Waals surface area contributed by atoms with E-state index in [0.29, 0.717) is 23.7 Å². The maximum atomic E-state index is 13.8. The van der Waals surface area contributed by atoms with Crippen molar-refractivity contribution in [2.75, 3.05) is 0 Å². The monoisotopic (exact) mass is 465 g/mol. The number of nitrogens with zero attached hydrogens (tertiary/aromatic N) is 1. The van der Waals surface area contributed by atoms with Gasteiger partial charge in [0.1, 0.15) is 12.1 Å². The molecule has 1 amide bonds. The van der Waals surface area contributed by atoms with E-state index in [9.17, 15) is 19.5 Å². The molecule has 8 atom stereocenters. The van der Waals surface area contributed by atoms with Crippen molar-refractivity contribution in [2.45, 2.75) is 105 Å². The first-order valence-electron chi connectivity index (χ1n) is 12.9. The number of quaternary nitrogens is 1. The molecule has 5 nitrogen and oxygen atoms in total. The molecule has 0 bridgehead atoms. The van der Waals surface area contributed by atoms with Gasteiger partial charge in [-0.05, 0) is 118 Å². The number of rotatable bonds is 4. The minimum atomic E-state index is -2.20. The van der Waals surface area contributed by atoms with E-state index in [2.05, 4.69) is 19.9 Å². The summed E-state index contributed by atoms with van der Waals surface area (Å²) in [6, 6.07) is -0.283. The second-order valence-corrected chi connectivity index (χ2v) is 13.6. The Morgan fingerprint density at radius 1 is 1.03 bits per heavy atom. The van der Waals surface area contributed by atoms with E-state index in [4.69, 9.17) is 0 Å². The van der Waals surface area contributed by atoms with E-state index < -0.39 is 12.7 Å². The summed E-state index contributed by atoms with van der Waals surface area (Å²) in [5, 5.41) is 12.2. The van der Waals surface area contributed by atoms with Crippen molar-refractivity contribution in [1.82, 2.24) is 0 Å². The van der Waals surface area contributed by atoms with Gasteiger partial charge in [-0.1, -0.05) is 13.8 Å². The molecule has 2 unspecified atom stereocenters. The fourth-order valence-electron chi connectivity index (χ4n) is 8.78. The lowest BCUT2D eigenvalue weighted by molar-refractivity contribution is -1.07. The lowest BCUT2D eigenvalue weighted by Crippen LogP contribution is -2.63. The highest BCUT2D eigenvalue weighted by Gasteiger charge is 2.64. The molecular weight excluding hydrogens is 421 g/mol. The van der Waals surface area contributed by atoms with Crippen LogP contribution < -0.4 is 0 Å². The number of carbonyl (C=O) groups is 1. The average molecular weight is 466 g/mol. The predicted molar refractivity (Wildman–Crippen MR) is 126 cm³/mol. The Bertz CT molecular complexity index is 815. The fourth-order valence-corrected chi connectivity index (χ4v) is 9.40. The van der Waals surface area contributed by atoms with Crippen molar-refractivity contribution in [3.05, 3.63) is 11.4 Å². The van der Waals surface area contributed by atoms with Crippen molar-refractivity contribution in [2.24, 2.45) is 40.4 Å². The van der Waals surface area contributed by atoms with Crippen LogP contribution in [0.2, 0.25) is 0 Å². The highest BCUT2D eigenvalue weighted by molar-refractivity contribution is 7.43. The van der Waals surface area contributed by atoms with Crippen molar-refractivity contribution in [3.63, 3.8) is 0 Å². The Labute approximate surface area is 195 Å². The summed E-state index contributed by atoms with van der Waals surface area (Å²) in [7, 11) is -2.20. The average Bonchev–Trinajstić information content (AvgIpc) is 3.08. The van der Waals surface area contributed by atoms with Crippen LogP contribution in [0.5, 0.6) is 0 Å². The highest BCUT2D eigenvalue weighted by atomic mass is 31.1. The zero-order valence-electron chi connectivity index (χ0n) is 20.9. The van der Waals surface area contributed by atoms with Gasteiger partial charge >= 0.3 is 13.9 Å². The molecule has 180 valence electrons. The second-order valence-electron chi connectivity index (χ2n) is 12.5. The van der Waals surface area contributed by atoms with Gasteiger partial charge in [0.2, 0.25) is 0 Å². The number of hydroxylamine groups is 3. The molecule has 32 heavy (non-hydrogen) atoms. The number of allylic oxidation sites excluding steroid dienone is 2. The molecular formula is C26H44NO4P+2. The Balaban J connectivity index is 1.60. The number of fused-ring (bicyclic) bond motifs is 5. The normalized spacial score (nSPS) is 42.2. The van der Waals surface area contributed by atoms with E-state index >= 15 is 0 Å². The summed E-state index contributed by atoms with van der Waals surface area (Å²) in [5.74, 6) is 2.28. The minimum absolute atomic E-state index is 0.0262. The first-order valence-corrected chi connectivity index (χ1v) is 14.1. The molecule has 3 fully saturated rings. The Morgan fingerprint density at radius 3 is 2.25 bits per heavy atom. The molecule has 0 aromatic carbocycles. The van der Waals surface area contributed by atoms with Gasteiger partial charge in [-0.3, -0.25) is 0 Å². The van der Waals surface area contributed by atoms with E-state index in [-0.39, 0.29) is 34.7 Å². The van der Waals surface area contributed by atoms with Gasteiger partial charge in [-0.25, -0.2) is 10.0 Å². The summed E-state index contributed by atoms with van der Waals surface area (Å²) in [6.07, 6.45) is 10.2. The quantitative estimate of drug-likeness (QED) is 0.217. The molecule has 4 aliphatic carbocycles. The van der Waals surface area contributed by atoms with Crippen LogP contribution in [0, 0.1) is 40.4 Å². The van der Waals surface area contributed by atoms with Gasteiger partial charge in [0, 0.05) is 6.42 Å². The van der Waals surface area contributed by atoms with Crippen LogP contribution >= 0.6 is 8.03 Å². The topological polar surface area (TPSA) is 74.6 Å². The summed E-state index contributed by atoms with van der Waals surface area (Å²) in [5.41, 5.74) is 0.176. The Hall–Kier alpha value is -0.610. The third-order valence-electron chi connectivity index (χ3n) is 10.8. The zero-order chi connectivity index (χ0) is 23.6. The first kappa shape index (κ1) is 24.5. The van der Waals surface area contributed by atoms with Gasteiger partial charge in [0.15, 0.2) is 5.31 Å². The van der Waals surface area contributed by atoms with Gasteiger partial charge in [0.25, 0.3) is 0 Å². The van der Waals surface area contributed by atoms with Crippen molar-refractivity contribution in [1.29, 1.82) is 0 Å². The van der Waals surface area contributed by atoms with Gasteiger partial charge in [-0.15, -0.1) is 4.65 Å². The maximum absolute atomic E-state index is 13.8. The Morgan fingerprint density at radius 2 is 1.66 bits per heavy atom. The van der Waals surface area contributed by atoms with Gasteiger partial charge < -0.3 is 0 Å². The van der Waals surface area contributed by atoms with Crippen molar-refractivity contribution >= 4 is 13.9 Å². The van der Waals surface area contributed by atoms with E-state index in [1.54, 1.807) is 0 Å². The van der Waals surface area contributed by atoms with Crippen LogP contribution in [-0.4, -0.2) is 32.7 Å². The summed E-state index contributed by atoms with van der Waals surface area (Å²) < 4.78 is 11.3. The van der Waals surface area contributed by atoms with E-state index in [1.807, 2.05) is 27.7 Å². The number of hydrogen-bond acceptors (Lipinski definition) is 3. The second kappa shape index (κ2) is 8.26. The van der Waals surface area contributed by atoms with Crippen LogP contribution in [0.3, 0.4) is 0 Å². The maximum Gasteiger partial charge on any atom is 0.541 e. The van der Waals surface area contributed by atoms with Gasteiger partial charge in [-0.2, -0.15) is 4.89 Å². The third-order valence-corrected chi connectivity index (χ3v) is 11.6. The fraction of sp³-hybridized carbons (Fsp3) is 0.885. The third kappa shape index (κ3) is 3.41. The van der Waals surface area contributed by atoms with Crippen LogP contribution in [0.25, 0.3) is 0 Å². The molecule has 4 rings (SSSR count). The smallest absolute Gasteiger partial charge is 0.227 e. The molecule has 0 heterocycles. The first-order chi connectivity index (χ1) is 14.9. The number of carbonyl (C=O) groups excluding carboxylic acids is 1.